The topological polar surface area (TPSA) is 142 Å². The summed E-state index contributed by atoms with van der Waals surface area (Å²) in [5, 5.41) is 14.5. The number of halogens is 2. The van der Waals surface area contributed by atoms with Crippen LogP contribution in [0.3, 0.4) is 0 Å². The molecule has 0 aliphatic carbocycles. The fraction of sp³-hybridized carbons (Fsp3) is 0.333. The zero-order valence-electron chi connectivity index (χ0n) is 12.2. The number of amidine groups is 1. The van der Waals surface area contributed by atoms with Crippen LogP contribution in [0.15, 0.2) is 12.3 Å². The Morgan fingerprint density at radius 3 is 2.74 bits per heavy atom. The molecule has 0 spiro atoms. The van der Waals surface area contributed by atoms with Gasteiger partial charge in [-0.15, -0.1) is 0 Å². The third-order valence-electron chi connectivity index (χ3n) is 2.38. The molecule has 1 heterocycles. The number of urea groups is 1. The number of hydrogen-bond acceptors (Lipinski definition) is 6. The van der Waals surface area contributed by atoms with Gasteiger partial charge >= 0.3 is 12.6 Å². The number of ether oxygens (including phenoxy) is 1. The summed E-state index contributed by atoms with van der Waals surface area (Å²) in [6.07, 6.45) is 1.21. The smallest absolute Gasteiger partial charge is 0.345 e. The van der Waals surface area contributed by atoms with Gasteiger partial charge in [0.2, 0.25) is 5.91 Å². The van der Waals surface area contributed by atoms with Gasteiger partial charge in [0.15, 0.2) is 0 Å². The Labute approximate surface area is 130 Å². The van der Waals surface area contributed by atoms with Crippen LogP contribution >= 0.6 is 0 Å². The lowest BCUT2D eigenvalue weighted by Gasteiger charge is -2.10. The van der Waals surface area contributed by atoms with Crippen molar-refractivity contribution in [3.05, 3.63) is 17.8 Å². The lowest BCUT2D eigenvalue weighted by atomic mass is 10.2. The van der Waals surface area contributed by atoms with E-state index in [1.54, 1.807) is 0 Å². The van der Waals surface area contributed by atoms with Gasteiger partial charge in [0, 0.05) is 31.4 Å². The van der Waals surface area contributed by atoms with Crippen molar-refractivity contribution < 1.29 is 23.1 Å². The van der Waals surface area contributed by atoms with Gasteiger partial charge in [-0.2, -0.15) is 8.78 Å². The quantitative estimate of drug-likeness (QED) is 0.293. The Morgan fingerprint density at radius 2 is 2.17 bits per heavy atom. The number of carbonyl (C=O) groups is 2. The van der Waals surface area contributed by atoms with Crippen LogP contribution < -0.4 is 21.7 Å². The Bertz CT molecular complexity index is 596. The minimum atomic E-state index is -2.90. The molecule has 0 bridgehead atoms. The maximum Gasteiger partial charge on any atom is 0.345 e. The number of nitrogens with zero attached hydrogens (tertiary/aromatic N) is 1. The van der Waals surface area contributed by atoms with Gasteiger partial charge in [-0.1, -0.05) is 0 Å². The number of anilines is 2. The molecule has 126 valence electrons. The molecule has 0 saturated heterocycles. The van der Waals surface area contributed by atoms with Crippen LogP contribution in [-0.2, 0) is 9.53 Å². The molecule has 0 aliphatic rings. The Morgan fingerprint density at radius 1 is 1.48 bits per heavy atom. The van der Waals surface area contributed by atoms with E-state index >= 15 is 0 Å². The molecule has 0 aliphatic heterocycles. The number of rotatable bonds is 6. The summed E-state index contributed by atoms with van der Waals surface area (Å²) in [4.78, 5) is 26.2. The molecule has 1 aromatic heterocycles. The Hall–Kier alpha value is -2.82. The second kappa shape index (κ2) is 8.58. The molecule has 0 aromatic carbocycles. The molecule has 0 unspecified atom stereocenters. The molecule has 6 N–H and O–H groups in total. The average molecular weight is 330 g/mol. The molecular weight excluding hydrogens is 314 g/mol. The summed E-state index contributed by atoms with van der Waals surface area (Å²) >= 11 is 0. The number of alkyl halides is 2. The van der Waals surface area contributed by atoms with E-state index in [1.165, 1.54) is 19.2 Å². The number of amides is 3. The van der Waals surface area contributed by atoms with Crippen LogP contribution in [0.25, 0.3) is 0 Å². The van der Waals surface area contributed by atoms with Crippen molar-refractivity contribution in [1.82, 2.24) is 15.6 Å². The predicted octanol–water partition coefficient (Wildman–Crippen LogP) is 0.486. The molecule has 3 amide bonds. The van der Waals surface area contributed by atoms with Crippen molar-refractivity contribution in [3.63, 3.8) is 0 Å². The predicted molar refractivity (Wildman–Crippen MR) is 78.3 cm³/mol. The van der Waals surface area contributed by atoms with Gasteiger partial charge in [-0.05, 0) is 0 Å². The first-order valence-corrected chi connectivity index (χ1v) is 6.36. The summed E-state index contributed by atoms with van der Waals surface area (Å²) in [6.45, 7) is -2.10. The summed E-state index contributed by atoms with van der Waals surface area (Å²) in [5.41, 5.74) is 6.03. The molecule has 9 nitrogen and oxygen atoms in total. The highest BCUT2D eigenvalue weighted by Gasteiger charge is 2.10. The number of carbonyl (C=O) groups excluding carboxylic acids is 2. The van der Waals surface area contributed by atoms with Gasteiger partial charge in [0.25, 0.3) is 0 Å². The molecule has 23 heavy (non-hydrogen) atoms. The van der Waals surface area contributed by atoms with Crippen molar-refractivity contribution in [2.75, 3.05) is 24.2 Å². The zero-order chi connectivity index (χ0) is 17.4. The molecule has 1 aromatic rings. The van der Waals surface area contributed by atoms with E-state index in [4.69, 9.17) is 11.1 Å². The van der Waals surface area contributed by atoms with Crippen LogP contribution in [0.1, 0.15) is 12.5 Å². The number of aromatic nitrogens is 1. The molecule has 11 heteroatoms. The second-order valence-electron chi connectivity index (χ2n) is 4.23. The van der Waals surface area contributed by atoms with E-state index in [0.29, 0.717) is 0 Å². The highest BCUT2D eigenvalue weighted by atomic mass is 19.3. The molecule has 0 radical (unpaired) electrons. The van der Waals surface area contributed by atoms with E-state index in [9.17, 15) is 18.4 Å². The maximum absolute atomic E-state index is 11.7. The zero-order valence-corrected chi connectivity index (χ0v) is 12.2. The molecule has 0 atom stereocenters. The number of pyridine rings is 1. The van der Waals surface area contributed by atoms with Crippen molar-refractivity contribution in [2.45, 2.75) is 13.5 Å². The molecule has 0 fully saturated rings. The Kier molecular flexibility index (Phi) is 6.80. The number of nitrogens with one attached hydrogen (secondary N) is 4. The standard InChI is InChI=1S/C12H16F2N6O3/c1-6(21)19-10(16)7-5-18-9(4-8(7)15)20-12(22)17-2-3-23-11(13)14/h4-5,11H,2-3H2,1H3,(H2,16,19,21)(H4,15,17,18,20,22). The lowest BCUT2D eigenvalue weighted by Crippen LogP contribution is -2.32. The van der Waals surface area contributed by atoms with Crippen LogP contribution in [0.2, 0.25) is 0 Å². The molecular formula is C12H16F2N6O3. The first kappa shape index (κ1) is 18.2. The fourth-order valence-electron chi connectivity index (χ4n) is 1.46. The van der Waals surface area contributed by atoms with Crippen molar-refractivity contribution >= 4 is 29.3 Å². The van der Waals surface area contributed by atoms with Gasteiger partial charge in [-0.25, -0.2) is 9.78 Å². The third-order valence-corrected chi connectivity index (χ3v) is 2.38. The number of nitrogens with two attached hydrogens (primary N) is 1. The van der Waals surface area contributed by atoms with E-state index in [0.717, 1.165) is 0 Å². The van der Waals surface area contributed by atoms with Crippen LogP contribution in [0.4, 0.5) is 25.1 Å². The number of nitrogen functional groups attached to an aromatic ring is 1. The SMILES string of the molecule is CC(=O)NC(=N)c1cnc(NC(=O)NCCOC(F)F)cc1N. The van der Waals surface area contributed by atoms with Crippen LogP contribution in [0, 0.1) is 5.41 Å². The maximum atomic E-state index is 11.7. The monoisotopic (exact) mass is 330 g/mol. The lowest BCUT2D eigenvalue weighted by molar-refractivity contribution is -0.126. The molecule has 1 rings (SSSR count). The van der Waals surface area contributed by atoms with E-state index in [2.05, 4.69) is 25.7 Å². The highest BCUT2D eigenvalue weighted by molar-refractivity contribution is 6.08. The summed E-state index contributed by atoms with van der Waals surface area (Å²) < 4.78 is 27.4. The van der Waals surface area contributed by atoms with Crippen molar-refractivity contribution in [3.8, 4) is 0 Å². The third kappa shape index (κ3) is 6.65. The summed E-state index contributed by atoms with van der Waals surface area (Å²) in [6, 6.07) is 0.612. The van der Waals surface area contributed by atoms with E-state index in [1.807, 2.05) is 0 Å². The number of hydrogen-bond donors (Lipinski definition) is 5. The molecule has 0 saturated carbocycles. The van der Waals surface area contributed by atoms with E-state index in [-0.39, 0.29) is 36.1 Å². The first-order chi connectivity index (χ1) is 10.8. The van der Waals surface area contributed by atoms with Crippen molar-refractivity contribution in [2.24, 2.45) is 0 Å². The highest BCUT2D eigenvalue weighted by Crippen LogP contribution is 2.14. The second-order valence-corrected chi connectivity index (χ2v) is 4.23. The normalized spacial score (nSPS) is 10.3. The van der Waals surface area contributed by atoms with E-state index < -0.39 is 18.5 Å². The largest absolute Gasteiger partial charge is 0.398 e. The van der Waals surface area contributed by atoms with Gasteiger partial charge < -0.3 is 21.1 Å². The average Bonchev–Trinajstić information content (AvgIpc) is 2.42. The minimum Gasteiger partial charge on any atom is -0.398 e. The van der Waals surface area contributed by atoms with Gasteiger partial charge in [-0.3, -0.25) is 15.5 Å². The summed E-state index contributed by atoms with van der Waals surface area (Å²) in [7, 11) is 0. The minimum absolute atomic E-state index is 0.0918. The van der Waals surface area contributed by atoms with Gasteiger partial charge in [0.05, 0.1) is 12.2 Å². The van der Waals surface area contributed by atoms with Crippen molar-refractivity contribution in [1.29, 1.82) is 5.41 Å². The fourth-order valence-corrected chi connectivity index (χ4v) is 1.46. The Balaban J connectivity index is 2.55. The first-order valence-electron chi connectivity index (χ1n) is 6.36. The van der Waals surface area contributed by atoms with Crippen LogP contribution in [-0.4, -0.2) is 42.5 Å². The summed E-state index contributed by atoms with van der Waals surface area (Å²) in [5.74, 6) is -0.557. The van der Waals surface area contributed by atoms with Gasteiger partial charge in [0.1, 0.15) is 11.7 Å². The van der Waals surface area contributed by atoms with Crippen LogP contribution in [0.5, 0.6) is 0 Å².